The third kappa shape index (κ3) is 3.14. The molecule has 5 heteroatoms. The van der Waals surface area contributed by atoms with Crippen molar-refractivity contribution in [1.82, 2.24) is 4.90 Å². The standard InChI is InChI=1S/C17H22N2O3/c1-17(2)12-14(15(20)19-8-10-21-11-9-19)22-16(17)18-13-6-4-3-5-7-13/h3-7,14H,8-12H2,1-2H3. The van der Waals surface area contributed by atoms with Crippen LogP contribution in [0.2, 0.25) is 0 Å². The van der Waals surface area contributed by atoms with Crippen molar-refractivity contribution in [3.05, 3.63) is 30.3 Å². The van der Waals surface area contributed by atoms with Crippen LogP contribution < -0.4 is 0 Å². The monoisotopic (exact) mass is 302 g/mol. The Hall–Kier alpha value is -1.88. The zero-order valence-corrected chi connectivity index (χ0v) is 13.1. The molecule has 1 aromatic carbocycles. The van der Waals surface area contributed by atoms with Crippen molar-refractivity contribution in [3.8, 4) is 0 Å². The number of nitrogens with zero attached hydrogens (tertiary/aromatic N) is 2. The lowest BCUT2D eigenvalue weighted by Crippen LogP contribution is -2.45. The van der Waals surface area contributed by atoms with E-state index in [0.29, 0.717) is 38.6 Å². The van der Waals surface area contributed by atoms with Gasteiger partial charge < -0.3 is 14.4 Å². The van der Waals surface area contributed by atoms with Crippen molar-refractivity contribution in [2.75, 3.05) is 26.3 Å². The molecule has 2 heterocycles. The van der Waals surface area contributed by atoms with Crippen LogP contribution in [-0.4, -0.2) is 49.1 Å². The molecule has 2 aliphatic rings. The molecule has 2 aliphatic heterocycles. The minimum Gasteiger partial charge on any atom is -0.467 e. The number of benzene rings is 1. The molecule has 1 atom stereocenters. The summed E-state index contributed by atoms with van der Waals surface area (Å²) in [6.45, 7) is 6.64. The summed E-state index contributed by atoms with van der Waals surface area (Å²) in [4.78, 5) is 19.0. The molecular weight excluding hydrogens is 280 g/mol. The Morgan fingerprint density at radius 2 is 1.91 bits per heavy atom. The number of hydrogen-bond acceptors (Lipinski definition) is 4. The van der Waals surface area contributed by atoms with Crippen molar-refractivity contribution < 1.29 is 14.3 Å². The number of rotatable bonds is 2. The van der Waals surface area contributed by atoms with Crippen LogP contribution in [0.25, 0.3) is 0 Å². The van der Waals surface area contributed by atoms with Gasteiger partial charge in [0.05, 0.1) is 18.9 Å². The molecule has 0 saturated carbocycles. The number of aliphatic imine (C=N–C) groups is 1. The largest absolute Gasteiger partial charge is 0.467 e. The highest BCUT2D eigenvalue weighted by Gasteiger charge is 2.44. The van der Waals surface area contributed by atoms with E-state index in [-0.39, 0.29) is 11.3 Å². The van der Waals surface area contributed by atoms with Crippen LogP contribution in [0.3, 0.4) is 0 Å². The number of carbonyl (C=O) groups is 1. The molecule has 0 aliphatic carbocycles. The fourth-order valence-electron chi connectivity index (χ4n) is 2.81. The first-order chi connectivity index (χ1) is 10.6. The van der Waals surface area contributed by atoms with Crippen LogP contribution in [0, 0.1) is 5.41 Å². The highest BCUT2D eigenvalue weighted by molar-refractivity contribution is 5.92. The van der Waals surface area contributed by atoms with E-state index in [4.69, 9.17) is 9.47 Å². The maximum atomic E-state index is 12.6. The highest BCUT2D eigenvalue weighted by atomic mass is 16.5. The van der Waals surface area contributed by atoms with Gasteiger partial charge in [0.2, 0.25) is 0 Å². The van der Waals surface area contributed by atoms with Gasteiger partial charge in [-0.15, -0.1) is 0 Å². The van der Waals surface area contributed by atoms with Crippen LogP contribution in [-0.2, 0) is 14.3 Å². The number of morpholine rings is 1. The summed E-state index contributed by atoms with van der Waals surface area (Å²) in [6.07, 6.45) is 0.227. The minimum absolute atomic E-state index is 0.0506. The zero-order chi connectivity index (χ0) is 15.6. The summed E-state index contributed by atoms with van der Waals surface area (Å²) in [5.74, 6) is 0.694. The quantitative estimate of drug-likeness (QED) is 0.843. The summed E-state index contributed by atoms with van der Waals surface area (Å²) in [5, 5.41) is 0. The molecule has 0 radical (unpaired) electrons. The molecule has 118 valence electrons. The van der Waals surface area contributed by atoms with Crippen molar-refractivity contribution in [1.29, 1.82) is 0 Å². The Morgan fingerprint density at radius 3 is 2.59 bits per heavy atom. The predicted octanol–water partition coefficient (Wildman–Crippen LogP) is 2.39. The van der Waals surface area contributed by atoms with E-state index in [0.717, 1.165) is 5.69 Å². The molecular formula is C17H22N2O3. The zero-order valence-electron chi connectivity index (χ0n) is 13.1. The van der Waals surface area contributed by atoms with Gasteiger partial charge in [-0.3, -0.25) is 4.79 Å². The van der Waals surface area contributed by atoms with E-state index in [1.54, 1.807) is 0 Å². The van der Waals surface area contributed by atoms with Gasteiger partial charge in [0.1, 0.15) is 0 Å². The first-order valence-corrected chi connectivity index (χ1v) is 7.74. The topological polar surface area (TPSA) is 51.1 Å². The van der Waals surface area contributed by atoms with Crippen molar-refractivity contribution in [2.24, 2.45) is 10.4 Å². The summed E-state index contributed by atoms with van der Waals surface area (Å²) in [7, 11) is 0. The van der Waals surface area contributed by atoms with Crippen LogP contribution in [0.1, 0.15) is 20.3 Å². The van der Waals surface area contributed by atoms with Gasteiger partial charge in [-0.1, -0.05) is 32.0 Å². The van der Waals surface area contributed by atoms with Gasteiger partial charge in [0.15, 0.2) is 12.0 Å². The summed E-state index contributed by atoms with van der Waals surface area (Å²) in [5.41, 5.74) is 0.618. The molecule has 1 unspecified atom stereocenters. The molecule has 0 aromatic heterocycles. The number of hydrogen-bond donors (Lipinski definition) is 0. The predicted molar refractivity (Wildman–Crippen MR) is 84.2 cm³/mol. The Bertz CT molecular complexity index is 563. The number of carbonyl (C=O) groups excluding carboxylic acids is 1. The molecule has 0 N–H and O–H groups in total. The number of ether oxygens (including phenoxy) is 2. The van der Waals surface area contributed by atoms with Gasteiger partial charge in [0, 0.05) is 24.9 Å². The Balaban J connectivity index is 1.75. The molecule has 3 rings (SSSR count). The summed E-state index contributed by atoms with van der Waals surface area (Å²) in [6, 6.07) is 9.71. The molecule has 0 spiro atoms. The van der Waals surface area contributed by atoms with Crippen LogP contribution >= 0.6 is 0 Å². The highest BCUT2D eigenvalue weighted by Crippen LogP contribution is 2.36. The Morgan fingerprint density at radius 1 is 1.23 bits per heavy atom. The Labute approximate surface area is 130 Å². The van der Waals surface area contributed by atoms with Crippen molar-refractivity contribution >= 4 is 17.5 Å². The van der Waals surface area contributed by atoms with E-state index in [9.17, 15) is 4.79 Å². The third-order valence-electron chi connectivity index (χ3n) is 4.11. The molecule has 2 saturated heterocycles. The van der Waals surface area contributed by atoms with Gasteiger partial charge in [0.25, 0.3) is 5.91 Å². The first-order valence-electron chi connectivity index (χ1n) is 7.74. The van der Waals surface area contributed by atoms with E-state index >= 15 is 0 Å². The number of amides is 1. The van der Waals surface area contributed by atoms with Crippen LogP contribution in [0.4, 0.5) is 5.69 Å². The van der Waals surface area contributed by atoms with Gasteiger partial charge >= 0.3 is 0 Å². The second-order valence-corrected chi connectivity index (χ2v) is 6.38. The van der Waals surface area contributed by atoms with E-state index in [1.807, 2.05) is 35.2 Å². The molecule has 5 nitrogen and oxygen atoms in total. The van der Waals surface area contributed by atoms with Crippen LogP contribution in [0.15, 0.2) is 35.3 Å². The Kier molecular flexibility index (Phi) is 4.16. The van der Waals surface area contributed by atoms with Crippen molar-refractivity contribution in [2.45, 2.75) is 26.4 Å². The molecule has 1 aromatic rings. The first kappa shape index (κ1) is 15.0. The molecule has 0 bridgehead atoms. The average Bonchev–Trinajstić information content (AvgIpc) is 2.83. The average molecular weight is 302 g/mol. The fourth-order valence-corrected chi connectivity index (χ4v) is 2.81. The van der Waals surface area contributed by atoms with Crippen LogP contribution in [0.5, 0.6) is 0 Å². The minimum atomic E-state index is -0.435. The molecule has 22 heavy (non-hydrogen) atoms. The maximum absolute atomic E-state index is 12.6. The normalized spacial score (nSPS) is 26.0. The third-order valence-corrected chi connectivity index (χ3v) is 4.11. The van der Waals surface area contributed by atoms with Crippen molar-refractivity contribution in [3.63, 3.8) is 0 Å². The molecule has 2 fully saturated rings. The lowest BCUT2D eigenvalue weighted by molar-refractivity contribution is -0.142. The second kappa shape index (κ2) is 6.08. The SMILES string of the molecule is CC1(C)CC(C(=O)N2CCOCC2)OC1=Nc1ccccc1. The fraction of sp³-hybridized carbons (Fsp3) is 0.529. The molecule has 1 amide bonds. The number of para-hydroxylation sites is 1. The maximum Gasteiger partial charge on any atom is 0.263 e. The second-order valence-electron chi connectivity index (χ2n) is 6.38. The van der Waals surface area contributed by atoms with Gasteiger partial charge in [-0.25, -0.2) is 4.99 Å². The lowest BCUT2D eigenvalue weighted by Gasteiger charge is -2.28. The van der Waals surface area contributed by atoms with E-state index in [1.165, 1.54) is 0 Å². The van der Waals surface area contributed by atoms with Gasteiger partial charge in [-0.05, 0) is 12.1 Å². The lowest BCUT2D eigenvalue weighted by atomic mass is 9.89. The summed E-state index contributed by atoms with van der Waals surface area (Å²) < 4.78 is 11.2. The van der Waals surface area contributed by atoms with E-state index in [2.05, 4.69) is 18.8 Å². The van der Waals surface area contributed by atoms with Gasteiger partial charge in [-0.2, -0.15) is 0 Å². The van der Waals surface area contributed by atoms with E-state index < -0.39 is 6.10 Å². The summed E-state index contributed by atoms with van der Waals surface area (Å²) >= 11 is 0. The smallest absolute Gasteiger partial charge is 0.263 e.